The minimum atomic E-state index is 0.443. The third-order valence-electron chi connectivity index (χ3n) is 4.12. The number of aromatic nitrogens is 2. The van der Waals surface area contributed by atoms with Crippen LogP contribution in [0.3, 0.4) is 0 Å². The Labute approximate surface area is 110 Å². The summed E-state index contributed by atoms with van der Waals surface area (Å²) in [6, 6.07) is 0.903. The van der Waals surface area contributed by atoms with E-state index in [2.05, 4.69) is 35.2 Å². The van der Waals surface area contributed by atoms with Gasteiger partial charge in [-0.05, 0) is 52.2 Å². The van der Waals surface area contributed by atoms with Crippen molar-refractivity contribution >= 4 is 0 Å². The van der Waals surface area contributed by atoms with Gasteiger partial charge in [0.05, 0.1) is 18.1 Å². The van der Waals surface area contributed by atoms with E-state index in [1.54, 1.807) is 0 Å². The Morgan fingerprint density at radius 1 is 1.50 bits per heavy atom. The highest BCUT2D eigenvalue weighted by atomic mass is 15.2. The maximum absolute atomic E-state index is 5.99. The molecule has 4 heteroatoms. The van der Waals surface area contributed by atoms with E-state index in [-0.39, 0.29) is 0 Å². The molecule has 1 fully saturated rings. The van der Waals surface area contributed by atoms with E-state index in [1.165, 1.54) is 25.1 Å². The molecule has 2 unspecified atom stereocenters. The lowest BCUT2D eigenvalue weighted by Gasteiger charge is -2.41. The molecule has 0 aromatic carbocycles. The Morgan fingerprint density at radius 2 is 2.28 bits per heavy atom. The van der Waals surface area contributed by atoms with E-state index < -0.39 is 0 Å². The zero-order chi connectivity index (χ0) is 13.1. The fourth-order valence-corrected chi connectivity index (χ4v) is 3.16. The van der Waals surface area contributed by atoms with Crippen molar-refractivity contribution in [2.75, 3.05) is 19.6 Å². The molecule has 2 N–H and O–H groups in total. The first-order chi connectivity index (χ1) is 8.69. The zero-order valence-electron chi connectivity index (χ0n) is 11.8. The number of nitrogens with zero attached hydrogens (tertiary/aromatic N) is 3. The van der Waals surface area contributed by atoms with Crippen molar-refractivity contribution in [2.24, 2.45) is 11.7 Å². The van der Waals surface area contributed by atoms with E-state index in [0.717, 1.165) is 13.1 Å². The molecule has 2 heterocycles. The molecular formula is C14H26N4. The Bertz CT molecular complexity index is 360. The normalized spacial score (nSPS) is 25.8. The van der Waals surface area contributed by atoms with Gasteiger partial charge in [0.1, 0.15) is 0 Å². The molecule has 1 aliphatic heterocycles. The molecular weight excluding hydrogens is 224 g/mol. The summed E-state index contributed by atoms with van der Waals surface area (Å²) < 4.78 is 2.29. The van der Waals surface area contributed by atoms with Crippen LogP contribution in [0.25, 0.3) is 0 Å². The van der Waals surface area contributed by atoms with Gasteiger partial charge in [0, 0.05) is 12.2 Å². The van der Waals surface area contributed by atoms with Gasteiger partial charge in [0.2, 0.25) is 0 Å². The molecule has 1 aromatic heterocycles. The van der Waals surface area contributed by atoms with Crippen molar-refractivity contribution < 1.29 is 0 Å². The molecule has 2 rings (SSSR count). The van der Waals surface area contributed by atoms with Gasteiger partial charge in [-0.2, -0.15) is 0 Å². The summed E-state index contributed by atoms with van der Waals surface area (Å²) in [6.07, 6.45) is 6.49. The van der Waals surface area contributed by atoms with Crippen LogP contribution in [0.15, 0.2) is 12.5 Å². The van der Waals surface area contributed by atoms with E-state index in [9.17, 15) is 0 Å². The van der Waals surface area contributed by atoms with Crippen molar-refractivity contribution in [1.82, 2.24) is 14.5 Å². The van der Waals surface area contributed by atoms with Gasteiger partial charge in [-0.15, -0.1) is 0 Å². The molecule has 1 saturated heterocycles. The predicted octanol–water partition coefficient (Wildman–Crippen LogP) is 2.20. The second-order valence-electron chi connectivity index (χ2n) is 5.53. The van der Waals surface area contributed by atoms with Crippen LogP contribution >= 0.6 is 0 Å². The number of likely N-dealkylation sites (tertiary alicyclic amines) is 1. The molecule has 1 aromatic rings. The quantitative estimate of drug-likeness (QED) is 0.891. The lowest BCUT2D eigenvalue weighted by atomic mass is 9.87. The molecule has 2 atom stereocenters. The zero-order valence-corrected chi connectivity index (χ0v) is 11.8. The Balaban J connectivity index is 2.33. The topological polar surface area (TPSA) is 47.1 Å². The van der Waals surface area contributed by atoms with Crippen molar-refractivity contribution in [1.29, 1.82) is 0 Å². The van der Waals surface area contributed by atoms with E-state index in [1.807, 2.05) is 12.5 Å². The van der Waals surface area contributed by atoms with Crippen molar-refractivity contribution in [3.05, 3.63) is 18.2 Å². The summed E-state index contributed by atoms with van der Waals surface area (Å²) >= 11 is 0. The van der Waals surface area contributed by atoms with E-state index in [0.29, 0.717) is 18.0 Å². The third-order valence-corrected chi connectivity index (χ3v) is 4.12. The summed E-state index contributed by atoms with van der Waals surface area (Å²) in [5.74, 6) is 0.563. The fraction of sp³-hybridized carbons (Fsp3) is 0.786. The third kappa shape index (κ3) is 2.45. The van der Waals surface area contributed by atoms with Crippen LogP contribution in [0.1, 0.15) is 51.4 Å². The van der Waals surface area contributed by atoms with Gasteiger partial charge in [-0.25, -0.2) is 4.98 Å². The molecule has 0 saturated carbocycles. The van der Waals surface area contributed by atoms with Crippen molar-refractivity contribution in [2.45, 2.75) is 45.7 Å². The molecule has 0 bridgehead atoms. The van der Waals surface area contributed by atoms with Crippen LogP contribution in [-0.4, -0.2) is 34.1 Å². The first-order valence-corrected chi connectivity index (χ1v) is 7.14. The van der Waals surface area contributed by atoms with Gasteiger partial charge in [0.25, 0.3) is 0 Å². The van der Waals surface area contributed by atoms with Gasteiger partial charge in [-0.1, -0.05) is 6.92 Å². The number of imidazole rings is 1. The molecule has 1 aliphatic rings. The average molecular weight is 250 g/mol. The van der Waals surface area contributed by atoms with Gasteiger partial charge >= 0.3 is 0 Å². The molecule has 0 aliphatic carbocycles. The second-order valence-corrected chi connectivity index (χ2v) is 5.53. The van der Waals surface area contributed by atoms with Crippen molar-refractivity contribution in [3.8, 4) is 0 Å². The monoisotopic (exact) mass is 250 g/mol. The highest BCUT2D eigenvalue weighted by Gasteiger charge is 2.33. The highest BCUT2D eigenvalue weighted by molar-refractivity contribution is 5.10. The van der Waals surface area contributed by atoms with E-state index >= 15 is 0 Å². The average Bonchev–Trinajstić information content (AvgIpc) is 2.86. The molecule has 0 radical (unpaired) electrons. The first kappa shape index (κ1) is 13.6. The second kappa shape index (κ2) is 5.85. The van der Waals surface area contributed by atoms with Gasteiger partial charge in [0.15, 0.2) is 0 Å². The summed E-state index contributed by atoms with van der Waals surface area (Å²) in [6.45, 7) is 9.70. The van der Waals surface area contributed by atoms with Crippen LogP contribution in [0.2, 0.25) is 0 Å². The summed E-state index contributed by atoms with van der Waals surface area (Å²) in [5.41, 5.74) is 7.32. The SMILES string of the molecule is CCN1CCCC(CN)C1c1cncn1C(C)C. The molecule has 0 spiro atoms. The highest BCUT2D eigenvalue weighted by Crippen LogP contribution is 2.35. The molecule has 102 valence electrons. The van der Waals surface area contributed by atoms with Crippen LogP contribution in [0.4, 0.5) is 0 Å². The van der Waals surface area contributed by atoms with Crippen LogP contribution < -0.4 is 5.73 Å². The first-order valence-electron chi connectivity index (χ1n) is 7.14. The van der Waals surface area contributed by atoms with Crippen LogP contribution in [0.5, 0.6) is 0 Å². The molecule has 18 heavy (non-hydrogen) atoms. The minimum absolute atomic E-state index is 0.443. The lowest BCUT2D eigenvalue weighted by molar-refractivity contribution is 0.0952. The predicted molar refractivity (Wildman–Crippen MR) is 74.4 cm³/mol. The maximum Gasteiger partial charge on any atom is 0.0951 e. The number of hydrogen-bond acceptors (Lipinski definition) is 3. The Kier molecular flexibility index (Phi) is 4.40. The number of hydrogen-bond donors (Lipinski definition) is 1. The summed E-state index contributed by atoms with van der Waals surface area (Å²) in [5, 5.41) is 0. The Morgan fingerprint density at radius 3 is 2.89 bits per heavy atom. The smallest absolute Gasteiger partial charge is 0.0951 e. The Hall–Kier alpha value is -0.870. The standard InChI is InChI=1S/C14H26N4/c1-4-17-7-5-6-12(8-15)14(17)13-9-16-10-18(13)11(2)3/h9-12,14H,4-8,15H2,1-3H3. The number of nitrogens with two attached hydrogens (primary N) is 1. The van der Waals surface area contributed by atoms with Gasteiger partial charge < -0.3 is 10.3 Å². The summed E-state index contributed by atoms with van der Waals surface area (Å²) in [7, 11) is 0. The fourth-order valence-electron chi connectivity index (χ4n) is 3.16. The lowest BCUT2D eigenvalue weighted by Crippen LogP contribution is -2.42. The molecule has 4 nitrogen and oxygen atoms in total. The largest absolute Gasteiger partial charge is 0.331 e. The van der Waals surface area contributed by atoms with Crippen LogP contribution in [0, 0.1) is 5.92 Å². The maximum atomic E-state index is 5.99. The minimum Gasteiger partial charge on any atom is -0.331 e. The van der Waals surface area contributed by atoms with Crippen LogP contribution in [-0.2, 0) is 0 Å². The van der Waals surface area contributed by atoms with Gasteiger partial charge in [-0.3, -0.25) is 4.90 Å². The summed E-state index contributed by atoms with van der Waals surface area (Å²) in [4.78, 5) is 6.90. The van der Waals surface area contributed by atoms with Crippen molar-refractivity contribution in [3.63, 3.8) is 0 Å². The number of piperidine rings is 1. The number of rotatable bonds is 4. The molecule has 0 amide bonds. The van der Waals surface area contributed by atoms with E-state index in [4.69, 9.17) is 5.73 Å².